The van der Waals surface area contributed by atoms with Crippen LogP contribution in [0.4, 0.5) is 4.39 Å². The first kappa shape index (κ1) is 16.5. The quantitative estimate of drug-likeness (QED) is 0.612. The summed E-state index contributed by atoms with van der Waals surface area (Å²) in [5.41, 5.74) is 4.32. The topological polar surface area (TPSA) is 38.1 Å². The molecule has 3 aromatic rings. The van der Waals surface area contributed by atoms with Gasteiger partial charge in [-0.05, 0) is 43.5 Å². The maximum Gasteiger partial charge on any atom is 0.271 e. The molecule has 1 saturated carbocycles. The Morgan fingerprint density at radius 1 is 1.22 bits per heavy atom. The molecule has 1 amide bonds. The van der Waals surface area contributed by atoms with Crippen LogP contribution in [-0.2, 0) is 5.54 Å². The minimum atomic E-state index is -0.604. The second kappa shape index (κ2) is 5.42. The third kappa shape index (κ3) is 2.15. The molecule has 0 unspecified atom stereocenters. The van der Waals surface area contributed by atoms with Gasteiger partial charge in [0.25, 0.3) is 5.91 Å². The fourth-order valence-corrected chi connectivity index (χ4v) is 4.37. The van der Waals surface area contributed by atoms with Gasteiger partial charge in [0, 0.05) is 30.1 Å². The normalized spacial score (nSPS) is 16.9. The van der Waals surface area contributed by atoms with Crippen LogP contribution in [0.15, 0.2) is 42.6 Å². The van der Waals surface area contributed by atoms with Gasteiger partial charge in [0.05, 0.1) is 16.2 Å². The summed E-state index contributed by atoms with van der Waals surface area (Å²) in [6.45, 7) is 1.94. The lowest BCUT2D eigenvalue weighted by Gasteiger charge is -2.27. The lowest BCUT2D eigenvalue weighted by molar-refractivity contribution is 0.0704. The number of carbonyl (C=O) groups is 1. The monoisotopic (exact) mass is 381 g/mol. The van der Waals surface area contributed by atoms with Gasteiger partial charge >= 0.3 is 0 Å². The van der Waals surface area contributed by atoms with E-state index in [2.05, 4.69) is 4.98 Å². The summed E-state index contributed by atoms with van der Waals surface area (Å²) in [4.78, 5) is 19.1. The third-order valence-electron chi connectivity index (χ3n) is 5.85. The van der Waals surface area contributed by atoms with Gasteiger partial charge in [0.2, 0.25) is 5.95 Å². The van der Waals surface area contributed by atoms with Gasteiger partial charge in [-0.2, -0.15) is 4.39 Å². The van der Waals surface area contributed by atoms with Crippen LogP contribution in [0.25, 0.3) is 16.8 Å². The molecule has 1 aromatic carbocycles. The number of amides is 1. The Morgan fingerprint density at radius 3 is 2.70 bits per heavy atom. The zero-order valence-electron chi connectivity index (χ0n) is 15.0. The summed E-state index contributed by atoms with van der Waals surface area (Å²) >= 11 is 6.04. The summed E-state index contributed by atoms with van der Waals surface area (Å²) < 4.78 is 16.3. The standard InChI is InChI=1S/C21H17ClFN3O/c1-12-14(4-3-9-24-12)13-5-6-15-17(10-13)26-18(11-16(22)19(26)23)20(27)25(2)21(15)7-8-21/h3-6,9-11H,7-8H2,1-2H3. The van der Waals surface area contributed by atoms with Crippen LogP contribution in [0.5, 0.6) is 0 Å². The first-order chi connectivity index (χ1) is 12.9. The maximum absolute atomic E-state index is 14.9. The van der Waals surface area contributed by atoms with Crippen molar-refractivity contribution in [2.75, 3.05) is 7.05 Å². The third-order valence-corrected chi connectivity index (χ3v) is 6.11. The van der Waals surface area contributed by atoms with Crippen LogP contribution in [0.3, 0.4) is 0 Å². The van der Waals surface area contributed by atoms with Crippen molar-refractivity contribution in [3.05, 3.63) is 70.5 Å². The highest BCUT2D eigenvalue weighted by Gasteiger charge is 2.53. The number of benzene rings is 1. The number of carbonyl (C=O) groups excluding carboxylic acids is 1. The summed E-state index contributed by atoms with van der Waals surface area (Å²) in [7, 11) is 1.78. The Bertz CT molecular complexity index is 1120. The number of pyridine rings is 1. The van der Waals surface area contributed by atoms with E-state index in [1.807, 2.05) is 37.3 Å². The number of fused-ring (bicyclic) bond motifs is 4. The Hall–Kier alpha value is -2.66. The minimum Gasteiger partial charge on any atom is -0.331 e. The molecular weight excluding hydrogens is 365 g/mol. The minimum absolute atomic E-state index is 0.0487. The van der Waals surface area contributed by atoms with Crippen molar-refractivity contribution in [3.8, 4) is 16.8 Å². The lowest BCUT2D eigenvalue weighted by Crippen LogP contribution is -2.36. The molecule has 136 valence electrons. The van der Waals surface area contributed by atoms with Gasteiger partial charge in [-0.1, -0.05) is 29.8 Å². The van der Waals surface area contributed by atoms with E-state index in [0.29, 0.717) is 5.69 Å². The number of halogens is 2. The van der Waals surface area contributed by atoms with Crippen LogP contribution in [-0.4, -0.2) is 27.4 Å². The van der Waals surface area contributed by atoms with Crippen LogP contribution in [0.2, 0.25) is 5.02 Å². The molecule has 0 atom stereocenters. The number of rotatable bonds is 1. The van der Waals surface area contributed by atoms with E-state index in [-0.39, 0.29) is 22.2 Å². The highest BCUT2D eigenvalue weighted by Crippen LogP contribution is 2.54. The van der Waals surface area contributed by atoms with E-state index in [1.54, 1.807) is 18.1 Å². The number of hydrogen-bond donors (Lipinski definition) is 0. The Kier molecular flexibility index (Phi) is 3.32. The van der Waals surface area contributed by atoms with Crippen molar-refractivity contribution in [1.29, 1.82) is 0 Å². The second-order valence-corrected chi connectivity index (χ2v) is 7.67. The molecule has 2 aliphatic rings. The number of hydrogen-bond acceptors (Lipinski definition) is 2. The SMILES string of the molecule is Cc1ncccc1-c1ccc2c(c1)-n1c(cc(Cl)c1F)C(=O)N(C)C21CC1. The van der Waals surface area contributed by atoms with Gasteiger partial charge < -0.3 is 4.90 Å². The largest absolute Gasteiger partial charge is 0.331 e. The molecule has 1 spiro atoms. The Labute approximate surface area is 161 Å². The zero-order chi connectivity index (χ0) is 18.9. The molecule has 5 rings (SSSR count). The van der Waals surface area contributed by atoms with Crippen molar-refractivity contribution >= 4 is 17.5 Å². The molecule has 0 radical (unpaired) electrons. The van der Waals surface area contributed by atoms with E-state index < -0.39 is 5.95 Å². The smallest absolute Gasteiger partial charge is 0.271 e. The van der Waals surface area contributed by atoms with Crippen LogP contribution < -0.4 is 0 Å². The van der Waals surface area contributed by atoms with E-state index in [0.717, 1.165) is 35.2 Å². The first-order valence-corrected chi connectivity index (χ1v) is 9.23. The molecule has 2 aromatic heterocycles. The van der Waals surface area contributed by atoms with Gasteiger partial charge in [-0.15, -0.1) is 0 Å². The highest BCUT2D eigenvalue weighted by molar-refractivity contribution is 6.31. The Balaban J connectivity index is 1.83. The van der Waals surface area contributed by atoms with E-state index >= 15 is 0 Å². The average Bonchev–Trinajstić information content (AvgIpc) is 3.42. The van der Waals surface area contributed by atoms with Crippen LogP contribution in [0, 0.1) is 12.9 Å². The van der Waals surface area contributed by atoms with Crippen molar-refractivity contribution in [2.24, 2.45) is 0 Å². The van der Waals surface area contributed by atoms with Crippen LogP contribution >= 0.6 is 11.6 Å². The van der Waals surface area contributed by atoms with Crippen molar-refractivity contribution in [2.45, 2.75) is 25.3 Å². The molecule has 0 saturated heterocycles. The predicted octanol–water partition coefficient (Wildman–Crippen LogP) is 4.71. The zero-order valence-corrected chi connectivity index (χ0v) is 15.7. The molecule has 1 aliphatic heterocycles. The Morgan fingerprint density at radius 2 is 2.00 bits per heavy atom. The summed E-state index contributed by atoms with van der Waals surface area (Å²) in [6.07, 6.45) is 3.49. The molecule has 1 fully saturated rings. The van der Waals surface area contributed by atoms with E-state index in [4.69, 9.17) is 11.6 Å². The van der Waals surface area contributed by atoms with Gasteiger partial charge in [-0.3, -0.25) is 14.3 Å². The fraction of sp³-hybridized carbons (Fsp3) is 0.238. The lowest BCUT2D eigenvalue weighted by atomic mass is 9.96. The second-order valence-electron chi connectivity index (χ2n) is 7.27. The summed E-state index contributed by atoms with van der Waals surface area (Å²) in [5.74, 6) is -0.818. The number of aromatic nitrogens is 2. The average molecular weight is 382 g/mol. The first-order valence-electron chi connectivity index (χ1n) is 8.86. The fourth-order valence-electron chi connectivity index (χ4n) is 4.19. The highest BCUT2D eigenvalue weighted by atomic mass is 35.5. The van der Waals surface area contributed by atoms with Gasteiger partial charge in [-0.25, -0.2) is 0 Å². The predicted molar refractivity (Wildman–Crippen MR) is 102 cm³/mol. The molecule has 0 N–H and O–H groups in total. The molecule has 1 aliphatic carbocycles. The maximum atomic E-state index is 14.9. The molecular formula is C21H17ClFN3O. The van der Waals surface area contributed by atoms with Crippen molar-refractivity contribution in [3.63, 3.8) is 0 Å². The molecule has 0 bridgehead atoms. The molecule has 27 heavy (non-hydrogen) atoms. The van der Waals surface area contributed by atoms with Gasteiger partial charge in [0.15, 0.2) is 0 Å². The number of nitrogens with zero attached hydrogens (tertiary/aromatic N) is 3. The van der Waals surface area contributed by atoms with E-state index in [1.165, 1.54) is 10.6 Å². The summed E-state index contributed by atoms with van der Waals surface area (Å²) in [5, 5.41) is -0.0487. The number of aryl methyl sites for hydroxylation is 1. The molecule has 4 nitrogen and oxygen atoms in total. The molecule has 6 heteroatoms. The summed E-state index contributed by atoms with van der Waals surface area (Å²) in [6, 6.07) is 11.3. The van der Waals surface area contributed by atoms with Crippen molar-refractivity contribution in [1.82, 2.24) is 14.5 Å². The molecule has 3 heterocycles. The van der Waals surface area contributed by atoms with Gasteiger partial charge in [0.1, 0.15) is 5.69 Å². The van der Waals surface area contributed by atoms with Crippen molar-refractivity contribution < 1.29 is 9.18 Å². The van der Waals surface area contributed by atoms with E-state index in [9.17, 15) is 9.18 Å². The van der Waals surface area contributed by atoms with Crippen LogP contribution in [0.1, 0.15) is 34.6 Å².